The number of carbonyl (C=O) groups is 1. The maximum absolute atomic E-state index is 10.5. The first-order valence-electron chi connectivity index (χ1n) is 3.25. The molecule has 1 rings (SSSR count). The van der Waals surface area contributed by atoms with Gasteiger partial charge in [0.25, 0.3) is 0 Å². The van der Waals surface area contributed by atoms with E-state index in [-0.39, 0.29) is 11.3 Å². The Morgan fingerprint density at radius 2 is 2.08 bits per heavy atom. The van der Waals surface area contributed by atoms with Crippen LogP contribution in [-0.2, 0) is 4.43 Å². The van der Waals surface area contributed by atoms with Crippen molar-refractivity contribution in [2.75, 3.05) is 0 Å². The van der Waals surface area contributed by atoms with E-state index < -0.39 is 5.97 Å². The topological polar surface area (TPSA) is 57.5 Å². The number of alkyl halides is 1. The Morgan fingerprint density at radius 1 is 1.42 bits per heavy atom. The van der Waals surface area contributed by atoms with E-state index in [4.69, 9.17) is 10.2 Å². The molecule has 0 heterocycles. The summed E-state index contributed by atoms with van der Waals surface area (Å²) in [7, 11) is 0. The second-order valence-corrected chi connectivity index (χ2v) is 3.09. The van der Waals surface area contributed by atoms with Crippen LogP contribution in [0.25, 0.3) is 0 Å². The Kier molecular flexibility index (Phi) is 2.91. The summed E-state index contributed by atoms with van der Waals surface area (Å²) in [5, 5.41) is 17.7. The van der Waals surface area contributed by atoms with Gasteiger partial charge in [-0.05, 0) is 23.8 Å². The molecule has 0 amide bonds. The average Bonchev–Trinajstić information content (AvgIpc) is 2.03. The first-order valence-corrected chi connectivity index (χ1v) is 4.78. The van der Waals surface area contributed by atoms with E-state index in [9.17, 15) is 4.79 Å². The van der Waals surface area contributed by atoms with E-state index in [0.717, 1.165) is 5.56 Å². The minimum absolute atomic E-state index is 0.00145. The molecular formula is C8H7IO3. The van der Waals surface area contributed by atoms with Crippen molar-refractivity contribution in [3.05, 3.63) is 29.3 Å². The lowest BCUT2D eigenvalue weighted by atomic mass is 10.1. The molecule has 0 aliphatic heterocycles. The van der Waals surface area contributed by atoms with Crippen molar-refractivity contribution in [2.24, 2.45) is 0 Å². The Labute approximate surface area is 83.2 Å². The van der Waals surface area contributed by atoms with Crippen molar-refractivity contribution in [3.8, 4) is 5.75 Å². The fraction of sp³-hybridized carbons (Fsp3) is 0.125. The van der Waals surface area contributed by atoms with Crippen LogP contribution in [0.15, 0.2) is 18.2 Å². The van der Waals surface area contributed by atoms with Gasteiger partial charge in [0.1, 0.15) is 5.75 Å². The average molecular weight is 278 g/mol. The van der Waals surface area contributed by atoms with Crippen LogP contribution in [0.3, 0.4) is 0 Å². The summed E-state index contributed by atoms with van der Waals surface area (Å²) in [6.07, 6.45) is 0. The van der Waals surface area contributed by atoms with Crippen LogP contribution in [0.5, 0.6) is 5.75 Å². The largest absolute Gasteiger partial charge is 0.508 e. The number of carboxylic acid groups (broad SMARTS) is 1. The lowest BCUT2D eigenvalue weighted by Crippen LogP contribution is -1.96. The predicted octanol–water partition coefficient (Wildman–Crippen LogP) is 2.03. The van der Waals surface area contributed by atoms with Crippen LogP contribution < -0.4 is 0 Å². The molecule has 0 saturated carbocycles. The van der Waals surface area contributed by atoms with Crippen molar-refractivity contribution in [1.29, 1.82) is 0 Å². The van der Waals surface area contributed by atoms with Crippen LogP contribution in [0.1, 0.15) is 15.9 Å². The van der Waals surface area contributed by atoms with Crippen molar-refractivity contribution in [3.63, 3.8) is 0 Å². The Morgan fingerprint density at radius 3 is 2.58 bits per heavy atom. The lowest BCUT2D eigenvalue weighted by Gasteiger charge is -1.99. The molecule has 0 fully saturated rings. The Hall–Kier alpha value is -0.780. The predicted molar refractivity (Wildman–Crippen MR) is 52.8 cm³/mol. The third-order valence-corrected chi connectivity index (χ3v) is 2.26. The number of benzene rings is 1. The van der Waals surface area contributed by atoms with Crippen LogP contribution in [0, 0.1) is 0 Å². The highest BCUT2D eigenvalue weighted by atomic mass is 127. The van der Waals surface area contributed by atoms with E-state index in [2.05, 4.69) is 22.6 Å². The lowest BCUT2D eigenvalue weighted by molar-refractivity contribution is 0.0696. The van der Waals surface area contributed by atoms with Crippen LogP contribution in [0.2, 0.25) is 0 Å². The van der Waals surface area contributed by atoms with Gasteiger partial charge in [-0.15, -0.1) is 0 Å². The normalized spacial score (nSPS) is 9.75. The molecule has 4 heteroatoms. The maximum atomic E-state index is 10.5. The molecule has 0 aliphatic rings. The summed E-state index contributed by atoms with van der Waals surface area (Å²) >= 11 is 2.11. The van der Waals surface area contributed by atoms with E-state index in [1.54, 1.807) is 12.1 Å². The van der Waals surface area contributed by atoms with Gasteiger partial charge in [-0.1, -0.05) is 22.6 Å². The van der Waals surface area contributed by atoms with Gasteiger partial charge in [-0.2, -0.15) is 0 Å². The molecule has 0 radical (unpaired) electrons. The summed E-state index contributed by atoms with van der Waals surface area (Å²) in [5.74, 6) is -1.02. The van der Waals surface area contributed by atoms with Gasteiger partial charge in [0.15, 0.2) is 0 Å². The SMILES string of the molecule is O=C(O)c1cc(O)cc(CI)c1. The quantitative estimate of drug-likeness (QED) is 0.642. The van der Waals surface area contributed by atoms with Crippen molar-refractivity contribution < 1.29 is 15.0 Å². The maximum Gasteiger partial charge on any atom is 0.335 e. The second-order valence-electron chi connectivity index (χ2n) is 2.33. The summed E-state index contributed by atoms with van der Waals surface area (Å²) in [6.45, 7) is 0. The number of hydrogen-bond donors (Lipinski definition) is 2. The van der Waals surface area contributed by atoms with Crippen molar-refractivity contribution >= 4 is 28.6 Å². The first kappa shape index (κ1) is 9.31. The number of phenolic OH excluding ortho intramolecular Hbond substituents is 1. The summed E-state index contributed by atoms with van der Waals surface area (Å²) in [4.78, 5) is 10.5. The van der Waals surface area contributed by atoms with E-state index in [1.165, 1.54) is 6.07 Å². The highest BCUT2D eigenvalue weighted by molar-refractivity contribution is 14.1. The van der Waals surface area contributed by atoms with E-state index >= 15 is 0 Å². The van der Waals surface area contributed by atoms with Gasteiger partial charge in [0.05, 0.1) is 5.56 Å². The molecule has 0 saturated heterocycles. The third kappa shape index (κ3) is 2.10. The molecule has 64 valence electrons. The van der Waals surface area contributed by atoms with Gasteiger partial charge in [-0.25, -0.2) is 4.79 Å². The molecule has 3 nitrogen and oxygen atoms in total. The van der Waals surface area contributed by atoms with Gasteiger partial charge in [0.2, 0.25) is 0 Å². The van der Waals surface area contributed by atoms with Gasteiger partial charge < -0.3 is 10.2 Å². The van der Waals surface area contributed by atoms with Gasteiger partial charge in [0, 0.05) is 4.43 Å². The number of aromatic hydroxyl groups is 1. The van der Waals surface area contributed by atoms with Gasteiger partial charge in [-0.3, -0.25) is 0 Å². The summed E-state index contributed by atoms with van der Waals surface area (Å²) in [5.41, 5.74) is 0.940. The van der Waals surface area contributed by atoms with Crippen molar-refractivity contribution in [1.82, 2.24) is 0 Å². The highest BCUT2D eigenvalue weighted by Crippen LogP contribution is 2.17. The standard InChI is InChI=1S/C8H7IO3/c9-4-5-1-6(8(11)12)3-7(10)2-5/h1-3,10H,4H2,(H,11,12). The smallest absolute Gasteiger partial charge is 0.335 e. The van der Waals surface area contributed by atoms with E-state index in [1.807, 2.05) is 0 Å². The van der Waals surface area contributed by atoms with E-state index in [0.29, 0.717) is 4.43 Å². The molecule has 0 aliphatic carbocycles. The first-order chi connectivity index (χ1) is 5.63. The molecule has 0 bridgehead atoms. The zero-order valence-electron chi connectivity index (χ0n) is 6.12. The molecule has 0 atom stereocenters. The number of hydrogen-bond acceptors (Lipinski definition) is 2. The molecule has 2 N–H and O–H groups in total. The third-order valence-electron chi connectivity index (χ3n) is 1.38. The Bertz CT molecular complexity index is 309. The fourth-order valence-corrected chi connectivity index (χ4v) is 1.32. The summed E-state index contributed by atoms with van der Waals surface area (Å²) < 4.78 is 0.687. The number of rotatable bonds is 2. The zero-order valence-corrected chi connectivity index (χ0v) is 8.28. The molecule has 12 heavy (non-hydrogen) atoms. The highest BCUT2D eigenvalue weighted by Gasteiger charge is 2.05. The number of halogens is 1. The Balaban J connectivity index is 3.15. The minimum Gasteiger partial charge on any atom is -0.508 e. The monoisotopic (exact) mass is 278 g/mol. The molecule has 1 aromatic carbocycles. The minimum atomic E-state index is -1.02. The fourth-order valence-electron chi connectivity index (χ4n) is 0.875. The molecule has 0 unspecified atom stereocenters. The number of aromatic carboxylic acids is 1. The number of phenols is 1. The van der Waals surface area contributed by atoms with Gasteiger partial charge >= 0.3 is 5.97 Å². The van der Waals surface area contributed by atoms with Crippen LogP contribution >= 0.6 is 22.6 Å². The van der Waals surface area contributed by atoms with Crippen LogP contribution in [-0.4, -0.2) is 16.2 Å². The zero-order chi connectivity index (χ0) is 9.14. The second kappa shape index (κ2) is 3.75. The number of carboxylic acids is 1. The molecule has 1 aromatic rings. The molecule has 0 spiro atoms. The molecular weight excluding hydrogens is 271 g/mol. The van der Waals surface area contributed by atoms with Crippen LogP contribution in [0.4, 0.5) is 0 Å². The molecule has 0 aromatic heterocycles. The summed E-state index contributed by atoms with van der Waals surface area (Å²) in [6, 6.07) is 4.34. The van der Waals surface area contributed by atoms with Crippen molar-refractivity contribution in [2.45, 2.75) is 4.43 Å².